The molecule has 0 N–H and O–H groups in total. The number of Topliss-reactive ketones (excluding diaryl/α,β-unsaturated/α-hetero) is 1. The molecule has 2 aliphatic heterocycles. The highest BCUT2D eigenvalue weighted by Crippen LogP contribution is 2.36. The van der Waals surface area contributed by atoms with Crippen LogP contribution in [0.2, 0.25) is 0 Å². The van der Waals surface area contributed by atoms with E-state index in [1.54, 1.807) is 29.3 Å². The summed E-state index contributed by atoms with van der Waals surface area (Å²) in [6.45, 7) is 4.09. The molecule has 1 saturated heterocycles. The molecule has 3 heterocycles. The Kier molecular flexibility index (Phi) is 7.17. The van der Waals surface area contributed by atoms with Crippen molar-refractivity contribution in [1.82, 2.24) is 14.2 Å². The van der Waals surface area contributed by atoms with E-state index < -0.39 is 22.0 Å². The van der Waals surface area contributed by atoms with Gasteiger partial charge in [-0.25, -0.2) is 8.42 Å². The fourth-order valence-electron chi connectivity index (χ4n) is 5.33. The van der Waals surface area contributed by atoms with Gasteiger partial charge in [-0.15, -0.1) is 0 Å². The molecule has 5 rings (SSSR count). The quantitative estimate of drug-likeness (QED) is 0.432. The lowest BCUT2D eigenvalue weighted by molar-refractivity contribution is -0.137. The molecule has 0 aliphatic carbocycles. The SMILES string of the molecule is CC(C)CC(C(=O)N1CC=C2C1C(=O)CN2S(=O)(=O)Cc1cccnc1)c1cccc(-c2ccccc2)c1. The van der Waals surface area contributed by atoms with Gasteiger partial charge >= 0.3 is 0 Å². The van der Waals surface area contributed by atoms with Gasteiger partial charge in [0.05, 0.1) is 23.9 Å². The monoisotopic (exact) mass is 529 g/mol. The Balaban J connectivity index is 1.41. The van der Waals surface area contributed by atoms with E-state index in [0.29, 0.717) is 17.7 Å². The number of amides is 1. The first-order valence-corrected chi connectivity index (χ1v) is 14.4. The van der Waals surface area contributed by atoms with Crippen LogP contribution in [-0.2, 0) is 25.4 Å². The van der Waals surface area contributed by atoms with Crippen LogP contribution in [0, 0.1) is 5.92 Å². The molecular weight excluding hydrogens is 498 g/mol. The van der Waals surface area contributed by atoms with Gasteiger partial charge in [-0.3, -0.25) is 18.9 Å². The molecule has 38 heavy (non-hydrogen) atoms. The number of ketones is 1. The molecule has 8 heteroatoms. The highest BCUT2D eigenvalue weighted by atomic mass is 32.2. The zero-order valence-electron chi connectivity index (χ0n) is 21.5. The predicted octanol–water partition coefficient (Wildman–Crippen LogP) is 4.39. The average molecular weight is 530 g/mol. The van der Waals surface area contributed by atoms with Gasteiger partial charge < -0.3 is 4.90 Å². The molecule has 2 atom stereocenters. The Morgan fingerprint density at radius 3 is 2.50 bits per heavy atom. The lowest BCUT2D eigenvalue weighted by Crippen LogP contribution is -2.43. The van der Waals surface area contributed by atoms with Gasteiger partial charge in [-0.2, -0.15) is 0 Å². The molecule has 196 valence electrons. The molecule has 1 amide bonds. The Morgan fingerprint density at radius 2 is 1.79 bits per heavy atom. The summed E-state index contributed by atoms with van der Waals surface area (Å²) < 4.78 is 27.7. The van der Waals surface area contributed by atoms with E-state index in [9.17, 15) is 18.0 Å². The molecule has 0 bridgehead atoms. The van der Waals surface area contributed by atoms with Crippen molar-refractivity contribution in [2.45, 2.75) is 38.0 Å². The smallest absolute Gasteiger partial charge is 0.239 e. The van der Waals surface area contributed by atoms with E-state index in [0.717, 1.165) is 16.7 Å². The van der Waals surface area contributed by atoms with Gasteiger partial charge in [0, 0.05) is 18.9 Å². The minimum atomic E-state index is -3.81. The molecular formula is C30H31N3O4S. The van der Waals surface area contributed by atoms with Gasteiger partial charge in [0.2, 0.25) is 15.9 Å². The van der Waals surface area contributed by atoms with Crippen molar-refractivity contribution in [3.63, 3.8) is 0 Å². The van der Waals surface area contributed by atoms with Crippen LogP contribution in [0.4, 0.5) is 0 Å². The van der Waals surface area contributed by atoms with E-state index in [1.807, 2.05) is 54.6 Å². The lowest BCUT2D eigenvalue weighted by Gasteiger charge is -2.29. The number of rotatable bonds is 8. The second-order valence-corrected chi connectivity index (χ2v) is 12.2. The number of nitrogens with zero attached hydrogens (tertiary/aromatic N) is 3. The molecule has 0 saturated carbocycles. The number of benzene rings is 2. The van der Waals surface area contributed by atoms with Crippen molar-refractivity contribution >= 4 is 21.7 Å². The number of hydrogen-bond acceptors (Lipinski definition) is 5. The standard InChI is InChI=1S/C30H31N3O4S/c1-21(2)16-26(25-12-6-11-24(17-25)23-9-4-3-5-10-23)30(35)32-15-13-27-29(32)28(34)19-33(27)38(36,37)20-22-8-7-14-31-18-22/h3-14,17-18,21,26,29H,15-16,19-20H2,1-2H3. The van der Waals surface area contributed by atoms with Crippen molar-refractivity contribution in [2.24, 2.45) is 5.92 Å². The maximum absolute atomic E-state index is 14.0. The minimum Gasteiger partial charge on any atom is -0.323 e. The van der Waals surface area contributed by atoms with E-state index in [2.05, 4.69) is 18.8 Å². The molecule has 2 unspecified atom stereocenters. The highest BCUT2D eigenvalue weighted by molar-refractivity contribution is 7.88. The molecule has 1 aromatic heterocycles. The van der Waals surface area contributed by atoms with Crippen molar-refractivity contribution in [1.29, 1.82) is 0 Å². The first-order valence-electron chi connectivity index (χ1n) is 12.8. The van der Waals surface area contributed by atoms with Crippen LogP contribution >= 0.6 is 0 Å². The summed E-state index contributed by atoms with van der Waals surface area (Å²) in [6.07, 6.45) is 5.41. The fourth-order valence-corrected chi connectivity index (χ4v) is 6.90. The Labute approximate surface area is 223 Å². The highest BCUT2D eigenvalue weighted by Gasteiger charge is 2.49. The van der Waals surface area contributed by atoms with E-state index in [-0.39, 0.29) is 36.5 Å². The van der Waals surface area contributed by atoms with Crippen LogP contribution in [0.5, 0.6) is 0 Å². The van der Waals surface area contributed by atoms with Crippen LogP contribution in [0.15, 0.2) is 90.9 Å². The van der Waals surface area contributed by atoms with Crippen LogP contribution in [0.25, 0.3) is 11.1 Å². The van der Waals surface area contributed by atoms with Gasteiger partial charge in [0.1, 0.15) is 6.04 Å². The number of sulfonamides is 1. The predicted molar refractivity (Wildman–Crippen MR) is 146 cm³/mol. The number of aromatic nitrogens is 1. The van der Waals surface area contributed by atoms with Gasteiger partial charge in [-0.1, -0.05) is 74.5 Å². The lowest BCUT2D eigenvalue weighted by atomic mass is 9.87. The summed E-state index contributed by atoms with van der Waals surface area (Å²) in [5, 5.41) is 0. The van der Waals surface area contributed by atoms with Gasteiger partial charge in [0.25, 0.3) is 0 Å². The summed E-state index contributed by atoms with van der Waals surface area (Å²) in [7, 11) is -3.81. The van der Waals surface area contributed by atoms with Crippen molar-refractivity contribution < 1.29 is 18.0 Å². The maximum Gasteiger partial charge on any atom is 0.239 e. The zero-order valence-corrected chi connectivity index (χ0v) is 22.3. The second kappa shape index (κ2) is 10.5. The molecule has 2 aromatic carbocycles. The van der Waals surface area contributed by atoms with Gasteiger partial charge in [-0.05, 0) is 46.7 Å². The van der Waals surface area contributed by atoms with E-state index in [4.69, 9.17) is 0 Å². The van der Waals surface area contributed by atoms with Gasteiger partial charge in [0.15, 0.2) is 5.78 Å². The first kappa shape index (κ1) is 25.9. The molecule has 2 aliphatic rings. The van der Waals surface area contributed by atoms with Crippen molar-refractivity contribution in [2.75, 3.05) is 13.1 Å². The summed E-state index contributed by atoms with van der Waals surface area (Å²) in [4.78, 5) is 32.7. The summed E-state index contributed by atoms with van der Waals surface area (Å²) in [5.74, 6) is -0.887. The van der Waals surface area contributed by atoms with E-state index >= 15 is 0 Å². The Bertz CT molecular complexity index is 1470. The van der Waals surface area contributed by atoms with Crippen LogP contribution < -0.4 is 0 Å². The third-order valence-electron chi connectivity index (χ3n) is 7.07. The molecule has 0 spiro atoms. The number of pyridine rings is 1. The van der Waals surface area contributed by atoms with E-state index in [1.165, 1.54) is 10.5 Å². The molecule has 0 radical (unpaired) electrons. The number of carbonyl (C=O) groups excluding carboxylic acids is 2. The van der Waals surface area contributed by atoms with Crippen molar-refractivity contribution in [3.8, 4) is 11.1 Å². The molecule has 1 fully saturated rings. The number of carbonyl (C=O) groups is 2. The number of hydrogen-bond donors (Lipinski definition) is 0. The summed E-state index contributed by atoms with van der Waals surface area (Å²) in [6, 6.07) is 20.5. The van der Waals surface area contributed by atoms with Crippen LogP contribution in [0.1, 0.15) is 37.3 Å². The minimum absolute atomic E-state index is 0.153. The maximum atomic E-state index is 14.0. The summed E-state index contributed by atoms with van der Waals surface area (Å²) in [5.41, 5.74) is 3.91. The molecule has 7 nitrogen and oxygen atoms in total. The topological polar surface area (TPSA) is 87.7 Å². The third-order valence-corrected chi connectivity index (χ3v) is 8.78. The second-order valence-electron chi connectivity index (χ2n) is 10.3. The van der Waals surface area contributed by atoms with Crippen molar-refractivity contribution in [3.05, 3.63) is 102 Å². The third kappa shape index (κ3) is 5.13. The fraction of sp³-hybridized carbons (Fsp3) is 0.300. The largest absolute Gasteiger partial charge is 0.323 e. The Hall–Kier alpha value is -3.78. The van der Waals surface area contributed by atoms with Crippen LogP contribution in [-0.4, -0.2) is 53.4 Å². The summed E-state index contributed by atoms with van der Waals surface area (Å²) >= 11 is 0. The molecule has 3 aromatic rings. The zero-order chi connectivity index (χ0) is 26.9. The normalized spacial score (nSPS) is 18.0. The first-order chi connectivity index (χ1) is 18.2. The van der Waals surface area contributed by atoms with Crippen LogP contribution in [0.3, 0.4) is 0 Å². The Morgan fingerprint density at radius 1 is 1.03 bits per heavy atom. The number of fused-ring (bicyclic) bond motifs is 1. The average Bonchev–Trinajstić information content (AvgIpc) is 3.49.